The minimum atomic E-state index is -0.250. The number of imidazole rings is 1. The largest absolute Gasteiger partial charge is 0.382 e. The van der Waals surface area contributed by atoms with E-state index in [0.717, 1.165) is 49.8 Å². The summed E-state index contributed by atoms with van der Waals surface area (Å²) in [4.78, 5) is 22.4. The number of anilines is 1. The van der Waals surface area contributed by atoms with Gasteiger partial charge in [0.25, 0.3) is 0 Å². The highest BCUT2D eigenvalue weighted by molar-refractivity contribution is 7.14. The fraction of sp³-hybridized carbons (Fsp3) is 0.125. The third-order valence-electron chi connectivity index (χ3n) is 5.35. The molecule has 6 rings (SSSR count). The summed E-state index contributed by atoms with van der Waals surface area (Å²) in [5.74, 6) is 0.561. The molecule has 6 aromatic heterocycles. The third kappa shape index (κ3) is 3.57. The molecule has 0 saturated carbocycles. The number of nitrogens with one attached hydrogen (secondary N) is 3. The second-order valence-electron chi connectivity index (χ2n) is 8.20. The first-order chi connectivity index (χ1) is 16.5. The van der Waals surface area contributed by atoms with Crippen molar-refractivity contribution in [1.82, 2.24) is 35.1 Å². The van der Waals surface area contributed by atoms with Crippen LogP contribution >= 0.6 is 11.3 Å². The van der Waals surface area contributed by atoms with E-state index in [1.807, 2.05) is 18.2 Å². The predicted octanol–water partition coefficient (Wildman–Crippen LogP) is 5.65. The summed E-state index contributed by atoms with van der Waals surface area (Å²) in [5.41, 5.74) is 6.91. The maximum atomic E-state index is 13.6. The van der Waals surface area contributed by atoms with Gasteiger partial charge in [-0.25, -0.2) is 9.97 Å². The first-order valence-electron chi connectivity index (χ1n) is 10.7. The monoisotopic (exact) mass is 470 g/mol. The molecule has 0 radical (unpaired) electrons. The Labute approximate surface area is 197 Å². The molecule has 0 spiro atoms. The maximum Gasteiger partial charge on any atom is 0.176 e. The lowest BCUT2D eigenvalue weighted by molar-refractivity contribution is 0.657. The smallest absolute Gasteiger partial charge is 0.176 e. The van der Waals surface area contributed by atoms with Crippen LogP contribution < -0.4 is 5.32 Å². The molecule has 34 heavy (non-hydrogen) atoms. The first kappa shape index (κ1) is 20.4. The Balaban J connectivity index is 1.45. The van der Waals surface area contributed by atoms with E-state index in [1.54, 1.807) is 30.9 Å². The van der Waals surface area contributed by atoms with Crippen LogP contribution in [0.25, 0.3) is 55.3 Å². The standard InChI is InChI=1S/C24H19FN8S/c1-12(2)28-14-7-13(8-26-9-14)16-3-4-17-22(29-16)23(33-32-17)24-30-18-11-27-10-15(21(18)31-24)19-5-6-20(25)34-19/h3-12,28H,1-2H3,(H,30,31)(H,32,33). The van der Waals surface area contributed by atoms with Gasteiger partial charge in [-0.3, -0.25) is 15.1 Å². The van der Waals surface area contributed by atoms with Crippen molar-refractivity contribution >= 4 is 39.1 Å². The number of hydrogen-bond donors (Lipinski definition) is 3. The van der Waals surface area contributed by atoms with Crippen molar-refractivity contribution in [3.05, 3.63) is 60.3 Å². The second kappa shape index (κ2) is 7.99. The van der Waals surface area contributed by atoms with Crippen LogP contribution in [0.3, 0.4) is 0 Å². The van der Waals surface area contributed by atoms with Crippen LogP contribution in [0.2, 0.25) is 0 Å². The molecule has 10 heteroatoms. The van der Waals surface area contributed by atoms with Crippen molar-refractivity contribution in [2.45, 2.75) is 19.9 Å². The molecule has 0 saturated heterocycles. The second-order valence-corrected chi connectivity index (χ2v) is 9.23. The number of fused-ring (bicyclic) bond motifs is 2. The zero-order valence-corrected chi connectivity index (χ0v) is 19.1. The molecular formula is C24H19FN8S. The summed E-state index contributed by atoms with van der Waals surface area (Å²) < 4.78 is 13.6. The molecule has 0 unspecified atom stereocenters. The Hall–Kier alpha value is -4.18. The molecule has 0 aliphatic carbocycles. The lowest BCUT2D eigenvalue weighted by Crippen LogP contribution is -2.09. The Bertz CT molecular complexity index is 1650. The van der Waals surface area contributed by atoms with Crippen LogP contribution in [0.1, 0.15) is 13.8 Å². The topological polar surface area (TPSA) is 108 Å². The van der Waals surface area contributed by atoms with Gasteiger partial charge < -0.3 is 10.3 Å². The lowest BCUT2D eigenvalue weighted by Gasteiger charge is -2.10. The van der Waals surface area contributed by atoms with Crippen LogP contribution in [-0.4, -0.2) is 41.2 Å². The molecular weight excluding hydrogens is 451 g/mol. The zero-order valence-electron chi connectivity index (χ0n) is 18.3. The van der Waals surface area contributed by atoms with Gasteiger partial charge in [0.05, 0.1) is 28.6 Å². The Morgan fingerprint density at radius 1 is 0.941 bits per heavy atom. The number of pyridine rings is 3. The molecule has 0 fully saturated rings. The molecule has 0 bridgehead atoms. The maximum absolute atomic E-state index is 13.6. The summed E-state index contributed by atoms with van der Waals surface area (Å²) in [6.45, 7) is 4.16. The Morgan fingerprint density at radius 2 is 1.82 bits per heavy atom. The molecule has 3 N–H and O–H groups in total. The molecule has 0 aromatic carbocycles. The fourth-order valence-electron chi connectivity index (χ4n) is 3.90. The minimum absolute atomic E-state index is 0.250. The molecule has 0 aliphatic rings. The number of aromatic amines is 2. The molecule has 0 aliphatic heterocycles. The molecule has 6 aromatic rings. The van der Waals surface area contributed by atoms with Gasteiger partial charge in [-0.05, 0) is 44.2 Å². The van der Waals surface area contributed by atoms with E-state index in [0.29, 0.717) is 28.6 Å². The highest BCUT2D eigenvalue weighted by Gasteiger charge is 2.18. The van der Waals surface area contributed by atoms with Crippen molar-refractivity contribution in [1.29, 1.82) is 0 Å². The van der Waals surface area contributed by atoms with Crippen molar-refractivity contribution in [2.24, 2.45) is 0 Å². The van der Waals surface area contributed by atoms with Crippen LogP contribution in [0.4, 0.5) is 10.1 Å². The molecule has 8 nitrogen and oxygen atoms in total. The summed E-state index contributed by atoms with van der Waals surface area (Å²) in [6, 6.07) is 9.39. The summed E-state index contributed by atoms with van der Waals surface area (Å²) in [6.07, 6.45) is 6.98. The first-order valence-corrected chi connectivity index (χ1v) is 11.5. The van der Waals surface area contributed by atoms with Gasteiger partial charge in [0, 0.05) is 40.6 Å². The van der Waals surface area contributed by atoms with Gasteiger partial charge in [-0.2, -0.15) is 9.49 Å². The van der Waals surface area contributed by atoms with E-state index < -0.39 is 0 Å². The number of halogens is 1. The van der Waals surface area contributed by atoms with E-state index in [2.05, 4.69) is 44.3 Å². The summed E-state index contributed by atoms with van der Waals surface area (Å²) in [7, 11) is 0. The van der Waals surface area contributed by atoms with Crippen LogP contribution in [0.15, 0.2) is 55.1 Å². The fourth-order valence-corrected chi connectivity index (χ4v) is 4.64. The highest BCUT2D eigenvalue weighted by Crippen LogP contribution is 2.34. The van der Waals surface area contributed by atoms with Crippen molar-refractivity contribution in [2.75, 3.05) is 5.32 Å². The van der Waals surface area contributed by atoms with Crippen molar-refractivity contribution in [3.63, 3.8) is 0 Å². The molecule has 0 amide bonds. The quantitative estimate of drug-likeness (QED) is 0.301. The highest BCUT2D eigenvalue weighted by atomic mass is 32.1. The zero-order chi connectivity index (χ0) is 23.2. The number of hydrogen-bond acceptors (Lipinski definition) is 7. The minimum Gasteiger partial charge on any atom is -0.382 e. The average molecular weight is 471 g/mol. The Kier molecular flexibility index (Phi) is 4.80. The van der Waals surface area contributed by atoms with E-state index in [-0.39, 0.29) is 5.13 Å². The third-order valence-corrected chi connectivity index (χ3v) is 6.26. The Morgan fingerprint density at radius 3 is 2.65 bits per heavy atom. The van der Waals surface area contributed by atoms with E-state index in [4.69, 9.17) is 9.97 Å². The molecule has 168 valence electrons. The average Bonchev–Trinajstić information content (AvgIpc) is 3.55. The number of nitrogens with zero attached hydrogens (tertiary/aromatic N) is 5. The van der Waals surface area contributed by atoms with Crippen LogP contribution in [0.5, 0.6) is 0 Å². The van der Waals surface area contributed by atoms with Crippen LogP contribution in [0, 0.1) is 5.13 Å². The number of thiophene rings is 1. The van der Waals surface area contributed by atoms with Gasteiger partial charge >= 0.3 is 0 Å². The lowest BCUT2D eigenvalue weighted by atomic mass is 10.1. The van der Waals surface area contributed by atoms with Gasteiger partial charge in [0.2, 0.25) is 0 Å². The van der Waals surface area contributed by atoms with E-state index in [1.165, 1.54) is 6.07 Å². The van der Waals surface area contributed by atoms with E-state index >= 15 is 0 Å². The van der Waals surface area contributed by atoms with E-state index in [9.17, 15) is 4.39 Å². The van der Waals surface area contributed by atoms with Crippen LogP contribution in [-0.2, 0) is 0 Å². The van der Waals surface area contributed by atoms with Gasteiger partial charge in [0.15, 0.2) is 16.6 Å². The van der Waals surface area contributed by atoms with Crippen molar-refractivity contribution in [3.8, 4) is 33.2 Å². The molecule has 0 atom stereocenters. The number of aromatic nitrogens is 7. The number of H-pyrrole nitrogens is 2. The summed E-state index contributed by atoms with van der Waals surface area (Å²) >= 11 is 1.06. The van der Waals surface area contributed by atoms with Crippen molar-refractivity contribution < 1.29 is 4.39 Å². The number of rotatable bonds is 5. The summed E-state index contributed by atoms with van der Waals surface area (Å²) in [5, 5.41) is 10.6. The van der Waals surface area contributed by atoms with Gasteiger partial charge in [0.1, 0.15) is 11.0 Å². The normalized spacial score (nSPS) is 11.6. The molecule has 6 heterocycles. The van der Waals surface area contributed by atoms with Gasteiger partial charge in [-0.1, -0.05) is 0 Å². The predicted molar refractivity (Wildman–Crippen MR) is 132 cm³/mol. The SMILES string of the molecule is CC(C)Nc1cncc(-c2ccc3[nH]nc(-c4nc5c(-c6ccc(F)s6)cncc5[nH]4)c3n2)c1. The van der Waals surface area contributed by atoms with Gasteiger partial charge in [-0.15, -0.1) is 11.3 Å².